The van der Waals surface area contributed by atoms with Crippen LogP contribution in [0.1, 0.15) is 0 Å². The minimum atomic E-state index is -4.58. The van der Waals surface area contributed by atoms with Crippen LogP contribution in [0.25, 0.3) is 0 Å². The van der Waals surface area contributed by atoms with Crippen molar-refractivity contribution in [1.29, 1.82) is 0 Å². The van der Waals surface area contributed by atoms with Gasteiger partial charge >= 0.3 is 12.4 Å². The highest BCUT2D eigenvalue weighted by Gasteiger charge is 2.40. The van der Waals surface area contributed by atoms with Gasteiger partial charge in [0.15, 0.2) is 0 Å². The van der Waals surface area contributed by atoms with Gasteiger partial charge in [0.05, 0.1) is 9.81 Å². The van der Waals surface area contributed by atoms with E-state index in [2.05, 4.69) is 0 Å². The Kier molecular flexibility index (Phi) is 3.15. The molecule has 0 nitrogen and oxygen atoms in total. The highest BCUT2D eigenvalue weighted by molar-refractivity contribution is 8.79. The van der Waals surface area contributed by atoms with Gasteiger partial charge in [0.25, 0.3) is 0 Å². The maximum Gasteiger partial charge on any atom is 0.423 e. The van der Waals surface area contributed by atoms with Gasteiger partial charge < -0.3 is 0 Å². The molecule has 1 aliphatic rings. The molecule has 0 spiro atoms. The summed E-state index contributed by atoms with van der Waals surface area (Å²) in [6, 6.07) is 0. The third kappa shape index (κ3) is 2.88. The van der Waals surface area contributed by atoms with Crippen molar-refractivity contribution in [3.63, 3.8) is 0 Å². The van der Waals surface area contributed by atoms with Crippen molar-refractivity contribution in [2.45, 2.75) is 12.4 Å². The molecule has 8 heteroatoms. The minimum Gasteiger partial charge on any atom is -0.166 e. The Hall–Kier alpha value is -0.240. The Labute approximate surface area is 82.8 Å². The highest BCUT2D eigenvalue weighted by atomic mass is 33.1. The molecule has 0 unspecified atom stereocenters. The first kappa shape index (κ1) is 11.8. The zero-order chi connectivity index (χ0) is 11.0. The Balaban J connectivity index is 2.85. The van der Waals surface area contributed by atoms with Crippen LogP contribution >= 0.6 is 21.6 Å². The van der Waals surface area contributed by atoms with Crippen LogP contribution in [0.4, 0.5) is 26.3 Å². The standard InChI is InChI=1S/C6H2F6S2/c7-5(8,9)3-1-2-4(14-13-3)6(10,11)12/h1-2H. The fraction of sp³-hybridized carbons (Fsp3) is 0.333. The first-order valence-electron chi connectivity index (χ1n) is 3.12. The summed E-state index contributed by atoms with van der Waals surface area (Å²) in [5, 5.41) is 0. The lowest BCUT2D eigenvalue weighted by atomic mass is 10.4. The number of alkyl halides is 6. The van der Waals surface area contributed by atoms with Crippen LogP contribution in [0.15, 0.2) is 22.0 Å². The van der Waals surface area contributed by atoms with Gasteiger partial charge in [-0.25, -0.2) is 0 Å². The second kappa shape index (κ2) is 3.73. The fourth-order valence-corrected chi connectivity index (χ4v) is 2.63. The third-order valence-corrected chi connectivity index (χ3v) is 3.67. The second-order valence-corrected chi connectivity index (χ2v) is 4.44. The van der Waals surface area contributed by atoms with E-state index in [1.165, 1.54) is 0 Å². The number of rotatable bonds is 0. The Morgan fingerprint density at radius 3 is 1.14 bits per heavy atom. The Bertz CT molecular complexity index is 254. The predicted octanol–water partition coefficient (Wildman–Crippen LogP) is 4.27. The van der Waals surface area contributed by atoms with Gasteiger partial charge in [-0.1, -0.05) is 0 Å². The van der Waals surface area contributed by atoms with Crippen LogP contribution in [0.5, 0.6) is 0 Å². The molecular weight excluding hydrogens is 250 g/mol. The molecule has 1 aliphatic heterocycles. The largest absolute Gasteiger partial charge is 0.423 e. The molecule has 0 aliphatic carbocycles. The van der Waals surface area contributed by atoms with Crippen molar-refractivity contribution in [3.05, 3.63) is 22.0 Å². The van der Waals surface area contributed by atoms with Crippen molar-refractivity contribution in [2.24, 2.45) is 0 Å². The van der Waals surface area contributed by atoms with Gasteiger partial charge in [0.2, 0.25) is 0 Å². The number of hydrogen-bond donors (Lipinski definition) is 0. The molecule has 0 saturated heterocycles. The van der Waals surface area contributed by atoms with E-state index in [0.29, 0.717) is 12.2 Å². The maximum atomic E-state index is 12.0. The molecule has 0 radical (unpaired) electrons. The molecule has 0 aromatic rings. The summed E-state index contributed by atoms with van der Waals surface area (Å²) < 4.78 is 71.7. The molecule has 1 rings (SSSR count). The summed E-state index contributed by atoms with van der Waals surface area (Å²) in [6.45, 7) is 0. The van der Waals surface area contributed by atoms with Gasteiger partial charge in [-0.05, 0) is 33.7 Å². The van der Waals surface area contributed by atoms with Crippen LogP contribution in [-0.4, -0.2) is 12.4 Å². The molecule has 0 aromatic carbocycles. The van der Waals surface area contributed by atoms with Crippen LogP contribution in [0, 0.1) is 0 Å². The van der Waals surface area contributed by atoms with Gasteiger partial charge in [-0.15, -0.1) is 0 Å². The van der Waals surface area contributed by atoms with Crippen molar-refractivity contribution in [2.75, 3.05) is 0 Å². The highest BCUT2D eigenvalue weighted by Crippen LogP contribution is 2.51. The molecule has 0 amide bonds. The number of halogens is 6. The molecule has 0 N–H and O–H groups in total. The smallest absolute Gasteiger partial charge is 0.166 e. The quantitative estimate of drug-likeness (QED) is 0.466. The van der Waals surface area contributed by atoms with Crippen molar-refractivity contribution >= 4 is 21.6 Å². The Morgan fingerprint density at radius 2 is 1.00 bits per heavy atom. The van der Waals surface area contributed by atoms with Crippen molar-refractivity contribution in [1.82, 2.24) is 0 Å². The predicted molar refractivity (Wildman–Crippen MR) is 43.5 cm³/mol. The van der Waals surface area contributed by atoms with Crippen LogP contribution < -0.4 is 0 Å². The lowest BCUT2D eigenvalue weighted by Crippen LogP contribution is -2.13. The van der Waals surface area contributed by atoms with Gasteiger partial charge in [0.1, 0.15) is 0 Å². The monoisotopic (exact) mass is 252 g/mol. The number of allylic oxidation sites excluding steroid dienone is 4. The van der Waals surface area contributed by atoms with Gasteiger partial charge in [-0.2, -0.15) is 26.3 Å². The summed E-state index contributed by atoms with van der Waals surface area (Å²) in [6.07, 6.45) is -8.29. The summed E-state index contributed by atoms with van der Waals surface area (Å²) in [7, 11) is 0.139. The van der Waals surface area contributed by atoms with E-state index in [-0.39, 0.29) is 21.6 Å². The van der Waals surface area contributed by atoms with E-state index < -0.39 is 22.2 Å². The van der Waals surface area contributed by atoms with E-state index in [0.717, 1.165) is 0 Å². The molecule has 0 bridgehead atoms. The van der Waals surface area contributed by atoms with Crippen LogP contribution in [0.2, 0.25) is 0 Å². The SMILES string of the molecule is FC(F)(F)C1=CC=C(C(F)(F)F)SS1. The maximum absolute atomic E-state index is 12.0. The lowest BCUT2D eigenvalue weighted by molar-refractivity contribution is -0.0860. The van der Waals surface area contributed by atoms with Crippen LogP contribution in [-0.2, 0) is 0 Å². The van der Waals surface area contributed by atoms with E-state index in [9.17, 15) is 26.3 Å². The second-order valence-electron chi connectivity index (χ2n) is 2.22. The fourth-order valence-electron chi connectivity index (χ4n) is 0.580. The topological polar surface area (TPSA) is 0 Å². The molecule has 0 fully saturated rings. The summed E-state index contributed by atoms with van der Waals surface area (Å²) in [5.41, 5.74) is 0. The van der Waals surface area contributed by atoms with E-state index in [1.807, 2.05) is 0 Å². The Morgan fingerprint density at radius 1 is 0.714 bits per heavy atom. The normalized spacial score (nSPS) is 19.0. The summed E-state index contributed by atoms with van der Waals surface area (Å²) >= 11 is 0. The van der Waals surface area contributed by atoms with Crippen molar-refractivity contribution < 1.29 is 26.3 Å². The van der Waals surface area contributed by atoms with Crippen LogP contribution in [0.3, 0.4) is 0 Å². The molecule has 0 aromatic heterocycles. The van der Waals surface area contributed by atoms with E-state index >= 15 is 0 Å². The average molecular weight is 252 g/mol. The zero-order valence-electron chi connectivity index (χ0n) is 6.24. The lowest BCUT2D eigenvalue weighted by Gasteiger charge is -2.16. The minimum absolute atomic E-state index is 0.0696. The van der Waals surface area contributed by atoms with E-state index in [4.69, 9.17) is 0 Å². The molecule has 1 heterocycles. The molecule has 0 atom stereocenters. The first-order chi connectivity index (χ1) is 6.21. The van der Waals surface area contributed by atoms with Gasteiger partial charge in [-0.3, -0.25) is 0 Å². The van der Waals surface area contributed by atoms with E-state index in [1.54, 1.807) is 0 Å². The summed E-state index contributed by atoms with van der Waals surface area (Å²) in [5.74, 6) is 0. The molecule has 0 saturated carbocycles. The third-order valence-electron chi connectivity index (χ3n) is 1.17. The average Bonchev–Trinajstić information content (AvgIpc) is 2.01. The molecule has 14 heavy (non-hydrogen) atoms. The summed E-state index contributed by atoms with van der Waals surface area (Å²) in [4.78, 5) is -2.06. The van der Waals surface area contributed by atoms with Crippen molar-refractivity contribution in [3.8, 4) is 0 Å². The molecular formula is C6H2F6S2. The van der Waals surface area contributed by atoms with Gasteiger partial charge in [0, 0.05) is 0 Å². The first-order valence-corrected chi connectivity index (χ1v) is 5.27. The molecule has 80 valence electrons. The zero-order valence-corrected chi connectivity index (χ0v) is 7.87. The number of hydrogen-bond acceptors (Lipinski definition) is 2.